The number of hydrogen-bond acceptors (Lipinski definition) is 2. The second-order valence-corrected chi connectivity index (χ2v) is 7.33. The molecule has 1 aliphatic rings. The van der Waals surface area contributed by atoms with Crippen LogP contribution in [0.2, 0.25) is 15.1 Å². The monoisotopic (exact) mass is 397 g/mol. The number of hydrogen-bond donors (Lipinski definition) is 1. The van der Waals surface area contributed by atoms with Gasteiger partial charge in [-0.05, 0) is 43.4 Å². The number of fused-ring (bicyclic) bond motifs is 1. The molecule has 2 aromatic rings. The zero-order valence-electron chi connectivity index (χ0n) is 13.7. The number of rotatable bonds is 4. The van der Waals surface area contributed by atoms with Crippen molar-refractivity contribution in [2.45, 2.75) is 38.3 Å². The first-order chi connectivity index (χ1) is 12.0. The maximum absolute atomic E-state index is 12.6. The normalized spacial score (nSPS) is 17.5. The van der Waals surface area contributed by atoms with Crippen molar-refractivity contribution in [3.63, 3.8) is 0 Å². The topological polar surface area (TPSA) is 38.3 Å². The molecule has 0 aromatic heterocycles. The summed E-state index contributed by atoms with van der Waals surface area (Å²) >= 11 is 18.0. The average Bonchev–Trinajstić information content (AvgIpc) is 2.60. The fourth-order valence-electron chi connectivity index (χ4n) is 3.03. The van der Waals surface area contributed by atoms with Crippen LogP contribution in [0, 0.1) is 0 Å². The van der Waals surface area contributed by atoms with Gasteiger partial charge in [-0.3, -0.25) is 4.79 Å². The second-order valence-electron chi connectivity index (χ2n) is 6.11. The van der Waals surface area contributed by atoms with Gasteiger partial charge in [0.25, 0.3) is 5.91 Å². The molecule has 3 nitrogen and oxygen atoms in total. The highest BCUT2D eigenvalue weighted by atomic mass is 35.5. The van der Waals surface area contributed by atoms with Gasteiger partial charge >= 0.3 is 0 Å². The summed E-state index contributed by atoms with van der Waals surface area (Å²) in [6.45, 7) is 1.68. The molecular weight excluding hydrogens is 381 g/mol. The average molecular weight is 399 g/mol. The summed E-state index contributed by atoms with van der Waals surface area (Å²) in [5.41, 5.74) is 2.47. The van der Waals surface area contributed by atoms with Crippen molar-refractivity contribution in [1.29, 1.82) is 0 Å². The number of halogens is 3. The van der Waals surface area contributed by atoms with Crippen molar-refractivity contribution in [3.8, 4) is 5.75 Å². The Hall–Kier alpha value is -1.42. The molecule has 0 fully saturated rings. The SMILES string of the molecule is C[C@@H](Oc1cc(Cl)c(Cl)cc1Cl)C(=O)N[C@H]1CCCc2ccccc21. The third-order valence-corrected chi connectivity index (χ3v) is 5.35. The third kappa shape index (κ3) is 4.22. The molecule has 0 saturated carbocycles. The summed E-state index contributed by atoms with van der Waals surface area (Å²) in [5.74, 6) is 0.145. The van der Waals surface area contributed by atoms with Gasteiger partial charge < -0.3 is 10.1 Å². The molecule has 2 aromatic carbocycles. The van der Waals surface area contributed by atoms with Crippen LogP contribution in [-0.2, 0) is 11.2 Å². The fourth-order valence-corrected chi connectivity index (χ4v) is 3.61. The Balaban J connectivity index is 1.69. The van der Waals surface area contributed by atoms with Gasteiger partial charge in [0.15, 0.2) is 6.10 Å². The second kappa shape index (κ2) is 7.86. The van der Waals surface area contributed by atoms with Crippen LogP contribution in [0.15, 0.2) is 36.4 Å². The Morgan fingerprint density at radius 1 is 1.16 bits per heavy atom. The van der Waals surface area contributed by atoms with Crippen LogP contribution >= 0.6 is 34.8 Å². The third-order valence-electron chi connectivity index (χ3n) is 4.33. The smallest absolute Gasteiger partial charge is 0.261 e. The van der Waals surface area contributed by atoms with Crippen LogP contribution in [0.25, 0.3) is 0 Å². The van der Waals surface area contributed by atoms with Crippen molar-refractivity contribution in [3.05, 3.63) is 62.6 Å². The van der Waals surface area contributed by atoms with Crippen LogP contribution in [0.1, 0.15) is 36.9 Å². The molecule has 1 amide bonds. The Morgan fingerprint density at radius 2 is 1.88 bits per heavy atom. The number of amides is 1. The van der Waals surface area contributed by atoms with Crippen LogP contribution in [0.5, 0.6) is 5.75 Å². The summed E-state index contributed by atoms with van der Waals surface area (Å²) in [6.07, 6.45) is 2.32. The van der Waals surface area contributed by atoms with Crippen molar-refractivity contribution in [2.75, 3.05) is 0 Å². The van der Waals surface area contributed by atoms with Crippen molar-refractivity contribution < 1.29 is 9.53 Å². The molecule has 3 rings (SSSR count). The summed E-state index contributed by atoms with van der Waals surface area (Å²) in [7, 11) is 0. The summed E-state index contributed by atoms with van der Waals surface area (Å²) in [6, 6.07) is 11.2. The highest BCUT2D eigenvalue weighted by Crippen LogP contribution is 2.34. The number of benzene rings is 2. The van der Waals surface area contributed by atoms with Gasteiger partial charge in [-0.1, -0.05) is 59.1 Å². The lowest BCUT2D eigenvalue weighted by Crippen LogP contribution is -2.39. The van der Waals surface area contributed by atoms with E-state index in [0.717, 1.165) is 19.3 Å². The molecule has 25 heavy (non-hydrogen) atoms. The van der Waals surface area contributed by atoms with Gasteiger partial charge in [-0.2, -0.15) is 0 Å². The maximum atomic E-state index is 12.6. The minimum absolute atomic E-state index is 0.00720. The Morgan fingerprint density at radius 3 is 2.68 bits per heavy atom. The molecular formula is C19H18Cl3NO2. The lowest BCUT2D eigenvalue weighted by molar-refractivity contribution is -0.128. The van der Waals surface area contributed by atoms with Crippen LogP contribution in [0.3, 0.4) is 0 Å². The molecule has 0 radical (unpaired) electrons. The predicted octanol–water partition coefficient (Wildman–Crippen LogP) is 5.61. The molecule has 0 unspecified atom stereocenters. The van der Waals surface area contributed by atoms with Crippen molar-refractivity contribution in [1.82, 2.24) is 5.32 Å². The summed E-state index contributed by atoms with van der Waals surface area (Å²) in [4.78, 5) is 12.6. The molecule has 0 aliphatic heterocycles. The van der Waals surface area contributed by atoms with Crippen LogP contribution < -0.4 is 10.1 Å². The zero-order valence-corrected chi connectivity index (χ0v) is 16.0. The van der Waals surface area contributed by atoms with E-state index in [2.05, 4.69) is 17.4 Å². The molecule has 1 aliphatic carbocycles. The number of carbonyl (C=O) groups is 1. The van der Waals surface area contributed by atoms with Crippen molar-refractivity contribution in [2.24, 2.45) is 0 Å². The Labute approximate surface area is 162 Å². The van der Waals surface area contributed by atoms with Gasteiger partial charge in [0.1, 0.15) is 5.75 Å². The summed E-state index contributed by atoms with van der Waals surface area (Å²) < 4.78 is 5.69. The van der Waals surface area contributed by atoms with E-state index >= 15 is 0 Å². The maximum Gasteiger partial charge on any atom is 0.261 e. The van der Waals surface area contributed by atoms with E-state index in [1.54, 1.807) is 6.92 Å². The van der Waals surface area contributed by atoms with E-state index in [1.807, 2.05) is 12.1 Å². The fraction of sp³-hybridized carbons (Fsp3) is 0.316. The lowest BCUT2D eigenvalue weighted by Gasteiger charge is -2.27. The standard InChI is InChI=1S/C19H18Cl3NO2/c1-11(25-18-10-15(21)14(20)9-16(18)22)19(24)23-17-8-4-6-12-5-2-3-7-13(12)17/h2-3,5,7,9-11,17H,4,6,8H2,1H3,(H,23,24)/t11-,17+/m1/s1. The lowest BCUT2D eigenvalue weighted by atomic mass is 9.87. The highest BCUT2D eigenvalue weighted by molar-refractivity contribution is 6.43. The first-order valence-corrected chi connectivity index (χ1v) is 9.28. The quantitative estimate of drug-likeness (QED) is 0.680. The van der Waals surface area contributed by atoms with Gasteiger partial charge in [-0.15, -0.1) is 0 Å². The molecule has 2 atom stereocenters. The minimum atomic E-state index is -0.705. The van der Waals surface area contributed by atoms with Gasteiger partial charge in [0, 0.05) is 6.07 Å². The molecule has 0 saturated heterocycles. The number of nitrogens with one attached hydrogen (secondary N) is 1. The minimum Gasteiger partial charge on any atom is -0.479 e. The van der Waals surface area contributed by atoms with E-state index in [4.69, 9.17) is 39.5 Å². The van der Waals surface area contributed by atoms with Crippen molar-refractivity contribution >= 4 is 40.7 Å². The van der Waals surface area contributed by atoms with Gasteiger partial charge in [0.05, 0.1) is 21.1 Å². The highest BCUT2D eigenvalue weighted by Gasteiger charge is 2.24. The van der Waals surface area contributed by atoms with E-state index in [-0.39, 0.29) is 11.9 Å². The first kappa shape index (κ1) is 18.4. The van der Waals surface area contributed by atoms with E-state index in [1.165, 1.54) is 23.3 Å². The first-order valence-electron chi connectivity index (χ1n) is 8.15. The zero-order chi connectivity index (χ0) is 18.0. The van der Waals surface area contributed by atoms with Crippen LogP contribution in [-0.4, -0.2) is 12.0 Å². The molecule has 1 N–H and O–H groups in total. The molecule has 0 heterocycles. The van der Waals surface area contributed by atoms with E-state index in [9.17, 15) is 4.79 Å². The molecule has 0 bridgehead atoms. The van der Waals surface area contributed by atoms with E-state index < -0.39 is 6.10 Å². The van der Waals surface area contributed by atoms with Gasteiger partial charge in [0.2, 0.25) is 0 Å². The molecule has 6 heteroatoms. The Bertz CT molecular complexity index is 794. The number of carbonyl (C=O) groups excluding carboxylic acids is 1. The van der Waals surface area contributed by atoms with E-state index in [0.29, 0.717) is 20.8 Å². The number of ether oxygens (including phenoxy) is 1. The van der Waals surface area contributed by atoms with Crippen LogP contribution in [0.4, 0.5) is 0 Å². The predicted molar refractivity (Wildman–Crippen MR) is 102 cm³/mol. The van der Waals surface area contributed by atoms with Gasteiger partial charge in [-0.25, -0.2) is 0 Å². The molecule has 0 spiro atoms. The Kier molecular flexibility index (Phi) is 5.78. The summed E-state index contributed by atoms with van der Waals surface area (Å²) in [5, 5.41) is 4.06. The largest absolute Gasteiger partial charge is 0.479 e. The number of aryl methyl sites for hydroxylation is 1. The molecule has 132 valence electrons.